The van der Waals surface area contributed by atoms with Crippen LogP contribution in [0.2, 0.25) is 0 Å². The molecule has 0 saturated carbocycles. The quantitative estimate of drug-likeness (QED) is 0.837. The van der Waals surface area contributed by atoms with Crippen LogP contribution in [0, 0.1) is 6.92 Å². The molecule has 0 atom stereocenters. The van der Waals surface area contributed by atoms with Gasteiger partial charge in [0, 0.05) is 19.6 Å². The predicted octanol–water partition coefficient (Wildman–Crippen LogP) is 1.28. The van der Waals surface area contributed by atoms with Crippen LogP contribution in [0.5, 0.6) is 0 Å². The van der Waals surface area contributed by atoms with Gasteiger partial charge >= 0.3 is 0 Å². The number of rotatable bonds is 4. The van der Waals surface area contributed by atoms with Gasteiger partial charge in [0.1, 0.15) is 5.69 Å². The molecule has 0 aliphatic carbocycles. The van der Waals surface area contributed by atoms with Crippen LogP contribution in [0.15, 0.2) is 0 Å². The van der Waals surface area contributed by atoms with Crippen LogP contribution in [0.4, 0.5) is 5.69 Å². The number of nitrogens with zero attached hydrogens (tertiary/aromatic N) is 3. The van der Waals surface area contributed by atoms with E-state index in [1.54, 1.807) is 9.58 Å². The summed E-state index contributed by atoms with van der Waals surface area (Å²) in [4.78, 5) is 14.0. The first-order valence-corrected chi connectivity index (χ1v) is 5.68. The fourth-order valence-corrected chi connectivity index (χ4v) is 1.71. The summed E-state index contributed by atoms with van der Waals surface area (Å²) < 4.78 is 1.67. The summed E-state index contributed by atoms with van der Waals surface area (Å²) in [5.74, 6) is -0.0371. The number of hydrogen-bond donors (Lipinski definition) is 1. The zero-order valence-electron chi connectivity index (χ0n) is 10.4. The van der Waals surface area contributed by atoms with Gasteiger partial charge in [-0.05, 0) is 27.7 Å². The third-order valence-corrected chi connectivity index (χ3v) is 2.73. The Bertz CT molecular complexity index is 380. The number of carbonyl (C=O) groups is 1. The first-order valence-electron chi connectivity index (χ1n) is 5.68. The van der Waals surface area contributed by atoms with Gasteiger partial charge in [-0.3, -0.25) is 9.48 Å². The van der Waals surface area contributed by atoms with E-state index in [-0.39, 0.29) is 5.91 Å². The van der Waals surface area contributed by atoms with Gasteiger partial charge in [-0.25, -0.2) is 0 Å². The maximum absolute atomic E-state index is 12.2. The lowest BCUT2D eigenvalue weighted by Crippen LogP contribution is -2.32. The molecule has 5 heteroatoms. The van der Waals surface area contributed by atoms with Gasteiger partial charge < -0.3 is 10.6 Å². The van der Waals surface area contributed by atoms with Gasteiger partial charge in [0.05, 0.1) is 11.4 Å². The van der Waals surface area contributed by atoms with Gasteiger partial charge in [-0.1, -0.05) is 0 Å². The van der Waals surface area contributed by atoms with Gasteiger partial charge in [-0.2, -0.15) is 5.10 Å². The molecule has 0 aliphatic rings. The number of nitrogens with two attached hydrogens (primary N) is 1. The highest BCUT2D eigenvalue weighted by atomic mass is 16.2. The number of amides is 1. The molecular formula is C11H20N4O. The Hall–Kier alpha value is -1.52. The van der Waals surface area contributed by atoms with Crippen molar-refractivity contribution in [1.29, 1.82) is 0 Å². The number of anilines is 1. The Morgan fingerprint density at radius 3 is 2.38 bits per heavy atom. The lowest BCUT2D eigenvalue weighted by Gasteiger charge is -2.19. The average molecular weight is 224 g/mol. The van der Waals surface area contributed by atoms with E-state index in [1.165, 1.54) is 0 Å². The van der Waals surface area contributed by atoms with Crippen LogP contribution < -0.4 is 5.73 Å². The van der Waals surface area contributed by atoms with E-state index in [9.17, 15) is 4.79 Å². The predicted molar refractivity (Wildman–Crippen MR) is 64.3 cm³/mol. The standard InChI is InChI=1S/C11H20N4O/c1-5-14(6-2)11(16)10-9(12)8(4)13-15(10)7-3/h5-7,12H2,1-4H3. The molecule has 2 N–H and O–H groups in total. The number of hydrogen-bond acceptors (Lipinski definition) is 3. The molecule has 0 spiro atoms. The van der Waals surface area contributed by atoms with Gasteiger partial charge in [0.25, 0.3) is 5.91 Å². The number of nitrogen functional groups attached to an aromatic ring is 1. The molecule has 90 valence electrons. The van der Waals surface area contributed by atoms with Crippen LogP contribution in [0.1, 0.15) is 37.0 Å². The Labute approximate surface area is 96.2 Å². The SMILES string of the molecule is CCN(CC)C(=O)c1c(N)c(C)nn1CC. The van der Waals surface area contributed by atoms with E-state index in [2.05, 4.69) is 5.10 Å². The van der Waals surface area contributed by atoms with Crippen molar-refractivity contribution in [3.05, 3.63) is 11.4 Å². The summed E-state index contributed by atoms with van der Waals surface area (Å²) in [7, 11) is 0. The number of carbonyl (C=O) groups excluding carboxylic acids is 1. The molecule has 1 aromatic rings. The van der Waals surface area contributed by atoms with Crippen LogP contribution in [0.25, 0.3) is 0 Å². The van der Waals surface area contributed by atoms with E-state index in [0.29, 0.717) is 31.0 Å². The molecule has 0 aromatic carbocycles. The second kappa shape index (κ2) is 5.01. The lowest BCUT2D eigenvalue weighted by molar-refractivity contribution is 0.0761. The van der Waals surface area contributed by atoms with Gasteiger partial charge in [0.15, 0.2) is 0 Å². The summed E-state index contributed by atoms with van der Waals surface area (Å²) >= 11 is 0. The van der Waals surface area contributed by atoms with Gasteiger partial charge in [-0.15, -0.1) is 0 Å². The summed E-state index contributed by atoms with van der Waals surface area (Å²) in [6.45, 7) is 9.70. The number of aryl methyl sites for hydroxylation is 2. The van der Waals surface area contributed by atoms with Crippen LogP contribution in [-0.2, 0) is 6.54 Å². The first kappa shape index (κ1) is 12.5. The molecule has 0 bridgehead atoms. The minimum Gasteiger partial charge on any atom is -0.395 e. The summed E-state index contributed by atoms with van der Waals surface area (Å²) in [5.41, 5.74) is 7.63. The smallest absolute Gasteiger partial charge is 0.274 e. The largest absolute Gasteiger partial charge is 0.395 e. The van der Waals surface area contributed by atoms with Crippen molar-refractivity contribution in [2.24, 2.45) is 0 Å². The second-order valence-corrected chi connectivity index (χ2v) is 3.64. The molecular weight excluding hydrogens is 204 g/mol. The van der Waals surface area contributed by atoms with E-state index < -0.39 is 0 Å². The van der Waals surface area contributed by atoms with Crippen LogP contribution in [-0.4, -0.2) is 33.7 Å². The highest BCUT2D eigenvalue weighted by Gasteiger charge is 2.22. The molecule has 5 nitrogen and oxygen atoms in total. The van der Waals surface area contributed by atoms with Gasteiger partial charge in [0.2, 0.25) is 0 Å². The molecule has 0 saturated heterocycles. The van der Waals surface area contributed by atoms with E-state index in [1.807, 2.05) is 27.7 Å². The Balaban J connectivity index is 3.16. The van der Waals surface area contributed by atoms with E-state index >= 15 is 0 Å². The molecule has 0 unspecified atom stereocenters. The zero-order valence-corrected chi connectivity index (χ0v) is 10.4. The summed E-state index contributed by atoms with van der Waals surface area (Å²) in [6.07, 6.45) is 0. The van der Waals surface area contributed by atoms with Crippen molar-refractivity contribution in [3.8, 4) is 0 Å². The maximum Gasteiger partial charge on any atom is 0.274 e. The Morgan fingerprint density at radius 1 is 1.38 bits per heavy atom. The average Bonchev–Trinajstić information content (AvgIpc) is 2.56. The van der Waals surface area contributed by atoms with Crippen molar-refractivity contribution < 1.29 is 4.79 Å². The maximum atomic E-state index is 12.2. The van der Waals surface area contributed by atoms with Crippen molar-refractivity contribution >= 4 is 11.6 Å². The summed E-state index contributed by atoms with van der Waals surface area (Å²) in [6, 6.07) is 0. The summed E-state index contributed by atoms with van der Waals surface area (Å²) in [5, 5.41) is 4.24. The monoisotopic (exact) mass is 224 g/mol. The molecule has 0 radical (unpaired) electrons. The Kier molecular flexibility index (Phi) is 3.93. The minimum atomic E-state index is -0.0371. The highest BCUT2D eigenvalue weighted by Crippen LogP contribution is 2.18. The third kappa shape index (κ3) is 2.03. The van der Waals surface area contributed by atoms with Crippen molar-refractivity contribution in [2.45, 2.75) is 34.2 Å². The van der Waals surface area contributed by atoms with Crippen LogP contribution in [0.3, 0.4) is 0 Å². The molecule has 16 heavy (non-hydrogen) atoms. The molecule has 1 aromatic heterocycles. The minimum absolute atomic E-state index is 0.0371. The van der Waals surface area contributed by atoms with E-state index in [4.69, 9.17) is 5.73 Å². The number of aromatic nitrogens is 2. The highest BCUT2D eigenvalue weighted by molar-refractivity contribution is 5.98. The molecule has 1 amide bonds. The van der Waals surface area contributed by atoms with Crippen molar-refractivity contribution in [1.82, 2.24) is 14.7 Å². The zero-order chi connectivity index (χ0) is 12.3. The lowest BCUT2D eigenvalue weighted by atomic mass is 10.2. The van der Waals surface area contributed by atoms with Crippen molar-refractivity contribution in [2.75, 3.05) is 18.8 Å². The Morgan fingerprint density at radius 2 is 1.94 bits per heavy atom. The molecule has 0 fully saturated rings. The second-order valence-electron chi connectivity index (χ2n) is 3.64. The molecule has 1 heterocycles. The fourth-order valence-electron chi connectivity index (χ4n) is 1.71. The van der Waals surface area contributed by atoms with E-state index in [0.717, 1.165) is 5.69 Å². The van der Waals surface area contributed by atoms with Crippen LogP contribution >= 0.6 is 0 Å². The topological polar surface area (TPSA) is 64.2 Å². The normalized spacial score (nSPS) is 10.5. The first-order chi connectivity index (χ1) is 7.56. The molecule has 1 rings (SSSR count). The van der Waals surface area contributed by atoms with Crippen molar-refractivity contribution in [3.63, 3.8) is 0 Å². The molecule has 0 aliphatic heterocycles. The fraction of sp³-hybridized carbons (Fsp3) is 0.636. The third-order valence-electron chi connectivity index (χ3n) is 2.73.